The summed E-state index contributed by atoms with van der Waals surface area (Å²) in [5.74, 6) is 1.03. The van der Waals surface area contributed by atoms with Gasteiger partial charge in [0, 0.05) is 6.54 Å². The minimum Gasteiger partial charge on any atom is -0.394 e. The lowest BCUT2D eigenvalue weighted by atomic mass is 10.1. The zero-order valence-electron chi connectivity index (χ0n) is 14.7. The fraction of sp³-hybridized carbons (Fsp3) is 0.389. The minimum absolute atomic E-state index is 0.400. The maximum absolute atomic E-state index is 14.5. The number of benzene rings is 1. The number of hydrogen-bond acceptors (Lipinski definition) is 7. The zero-order chi connectivity index (χ0) is 19.0. The summed E-state index contributed by atoms with van der Waals surface area (Å²) in [6.45, 7) is 1.82. The Morgan fingerprint density at radius 2 is 2.04 bits per heavy atom. The first-order chi connectivity index (χ1) is 13.1. The highest BCUT2D eigenvalue weighted by atomic mass is 19.1. The van der Waals surface area contributed by atoms with Crippen LogP contribution < -0.4 is 5.32 Å². The molecule has 0 amide bonds. The molecular weight excluding hydrogens is 353 g/mol. The number of aliphatic hydroxyl groups excluding tert-OH is 2. The molecule has 4 atom stereocenters. The van der Waals surface area contributed by atoms with Crippen molar-refractivity contribution < 1.29 is 19.3 Å². The van der Waals surface area contributed by atoms with Crippen molar-refractivity contribution in [2.45, 2.75) is 38.1 Å². The summed E-state index contributed by atoms with van der Waals surface area (Å²) in [7, 11) is 0. The van der Waals surface area contributed by atoms with Crippen LogP contribution in [0.1, 0.15) is 17.6 Å². The molecule has 1 fully saturated rings. The molecule has 0 unspecified atom stereocenters. The lowest BCUT2D eigenvalue weighted by molar-refractivity contribution is -0.0459. The molecule has 0 bridgehead atoms. The number of hydrogen-bond donors (Lipinski definition) is 3. The van der Waals surface area contributed by atoms with Crippen LogP contribution in [0.2, 0.25) is 0 Å². The smallest absolute Gasteiger partial charge is 0.173 e. The number of anilines is 1. The van der Waals surface area contributed by atoms with Crippen LogP contribution in [0.4, 0.5) is 10.2 Å². The van der Waals surface area contributed by atoms with Gasteiger partial charge in [-0.25, -0.2) is 19.3 Å². The zero-order valence-corrected chi connectivity index (χ0v) is 14.7. The lowest BCUT2D eigenvalue weighted by Crippen LogP contribution is -2.30. The topological polar surface area (TPSA) is 105 Å². The van der Waals surface area contributed by atoms with E-state index in [1.54, 1.807) is 6.92 Å². The molecule has 0 saturated carbocycles. The van der Waals surface area contributed by atoms with Crippen LogP contribution in [0.3, 0.4) is 0 Å². The van der Waals surface area contributed by atoms with Gasteiger partial charge in [-0.2, -0.15) is 0 Å². The molecule has 1 aliphatic rings. The van der Waals surface area contributed by atoms with Crippen LogP contribution in [0, 0.1) is 6.92 Å². The standard InChI is InChI=1S/C18H20FN5O3/c1-10-22-16(20-7-11-5-3-2-4-6-11)14-17(23-10)24(9-21-14)18-13(19)15(26)12(8-25)27-18/h2-6,9,12-13,15,18,25-26H,7-8H2,1H3,(H,20,22,23)/t12-,13+,15-,18-/m1/s1. The van der Waals surface area contributed by atoms with E-state index in [2.05, 4.69) is 20.3 Å². The quantitative estimate of drug-likeness (QED) is 0.620. The number of aliphatic hydroxyl groups is 2. The predicted molar refractivity (Wildman–Crippen MR) is 95.7 cm³/mol. The maximum Gasteiger partial charge on any atom is 0.173 e. The molecule has 0 aliphatic carbocycles. The second-order valence-electron chi connectivity index (χ2n) is 6.47. The Labute approximate surface area is 154 Å². The number of nitrogens with one attached hydrogen (secondary N) is 1. The van der Waals surface area contributed by atoms with Gasteiger partial charge >= 0.3 is 0 Å². The van der Waals surface area contributed by atoms with E-state index >= 15 is 0 Å². The molecule has 27 heavy (non-hydrogen) atoms. The second kappa shape index (κ2) is 7.18. The highest BCUT2D eigenvalue weighted by Crippen LogP contribution is 2.34. The molecule has 1 aliphatic heterocycles. The number of nitrogens with zero attached hydrogens (tertiary/aromatic N) is 4. The molecule has 142 valence electrons. The third-order valence-corrected chi connectivity index (χ3v) is 4.58. The molecule has 3 aromatic rings. The van der Waals surface area contributed by atoms with Gasteiger partial charge in [-0.15, -0.1) is 0 Å². The molecular formula is C18H20FN5O3. The molecule has 4 rings (SSSR count). The summed E-state index contributed by atoms with van der Waals surface area (Å²) in [6, 6.07) is 9.84. The van der Waals surface area contributed by atoms with Gasteiger partial charge < -0.3 is 20.3 Å². The van der Waals surface area contributed by atoms with Crippen molar-refractivity contribution in [2.24, 2.45) is 0 Å². The fourth-order valence-corrected chi connectivity index (χ4v) is 3.19. The van der Waals surface area contributed by atoms with Gasteiger partial charge in [0.2, 0.25) is 0 Å². The Kier molecular flexibility index (Phi) is 4.73. The van der Waals surface area contributed by atoms with Crippen molar-refractivity contribution in [3.8, 4) is 0 Å². The van der Waals surface area contributed by atoms with E-state index in [1.807, 2.05) is 30.3 Å². The monoisotopic (exact) mass is 373 g/mol. The van der Waals surface area contributed by atoms with Gasteiger partial charge in [-0.1, -0.05) is 30.3 Å². The van der Waals surface area contributed by atoms with Crippen molar-refractivity contribution in [1.29, 1.82) is 0 Å². The third-order valence-electron chi connectivity index (χ3n) is 4.58. The van der Waals surface area contributed by atoms with Crippen molar-refractivity contribution in [2.75, 3.05) is 11.9 Å². The van der Waals surface area contributed by atoms with Crippen molar-refractivity contribution >= 4 is 17.0 Å². The number of imidazole rings is 1. The Bertz CT molecular complexity index is 935. The van der Waals surface area contributed by atoms with Gasteiger partial charge in [-0.05, 0) is 12.5 Å². The molecule has 1 saturated heterocycles. The first-order valence-corrected chi connectivity index (χ1v) is 8.66. The van der Waals surface area contributed by atoms with Crippen LogP contribution >= 0.6 is 0 Å². The fourth-order valence-electron chi connectivity index (χ4n) is 3.19. The maximum atomic E-state index is 14.5. The second-order valence-corrected chi connectivity index (χ2v) is 6.47. The van der Waals surface area contributed by atoms with E-state index in [4.69, 9.17) is 4.74 Å². The third kappa shape index (κ3) is 3.25. The van der Waals surface area contributed by atoms with E-state index in [1.165, 1.54) is 10.9 Å². The Morgan fingerprint density at radius 3 is 2.74 bits per heavy atom. The van der Waals surface area contributed by atoms with Crippen molar-refractivity contribution in [3.05, 3.63) is 48.0 Å². The highest BCUT2D eigenvalue weighted by Gasteiger charge is 2.45. The van der Waals surface area contributed by atoms with E-state index in [0.717, 1.165) is 5.56 Å². The normalized spacial score (nSPS) is 25.2. The minimum atomic E-state index is -1.70. The Hall–Kier alpha value is -2.62. The summed E-state index contributed by atoms with van der Waals surface area (Å²) in [4.78, 5) is 13.1. The summed E-state index contributed by atoms with van der Waals surface area (Å²) < 4.78 is 21.4. The molecule has 9 heteroatoms. The number of aromatic nitrogens is 4. The largest absolute Gasteiger partial charge is 0.394 e. The van der Waals surface area contributed by atoms with Gasteiger partial charge in [0.05, 0.1) is 12.9 Å². The highest BCUT2D eigenvalue weighted by molar-refractivity contribution is 5.83. The molecule has 1 aromatic carbocycles. The number of alkyl halides is 1. The average Bonchev–Trinajstić information content (AvgIpc) is 3.22. The van der Waals surface area contributed by atoms with Gasteiger partial charge in [-0.3, -0.25) is 4.57 Å². The van der Waals surface area contributed by atoms with Crippen LogP contribution in [-0.4, -0.2) is 54.7 Å². The summed E-state index contributed by atoms with van der Waals surface area (Å²) >= 11 is 0. The number of halogens is 1. The SMILES string of the molecule is Cc1nc(NCc2ccccc2)c2ncn([C@@H]3O[C@H](CO)[C@@H](O)[C@@H]3F)c2n1. The van der Waals surface area contributed by atoms with Gasteiger partial charge in [0.1, 0.15) is 18.0 Å². The predicted octanol–water partition coefficient (Wildman–Crippen LogP) is 1.34. The van der Waals surface area contributed by atoms with E-state index in [0.29, 0.717) is 29.4 Å². The van der Waals surface area contributed by atoms with E-state index < -0.39 is 31.2 Å². The number of ether oxygens (including phenoxy) is 1. The molecule has 3 N–H and O–H groups in total. The number of aryl methyl sites for hydroxylation is 1. The first kappa shape index (κ1) is 17.8. The van der Waals surface area contributed by atoms with Gasteiger partial charge in [0.15, 0.2) is 29.4 Å². The van der Waals surface area contributed by atoms with Crippen LogP contribution in [0.5, 0.6) is 0 Å². The van der Waals surface area contributed by atoms with Crippen molar-refractivity contribution in [3.63, 3.8) is 0 Å². The van der Waals surface area contributed by atoms with Crippen LogP contribution in [0.15, 0.2) is 36.7 Å². The average molecular weight is 373 g/mol. The lowest BCUT2D eigenvalue weighted by Gasteiger charge is -2.15. The summed E-state index contributed by atoms with van der Waals surface area (Å²) in [5, 5.41) is 22.4. The number of rotatable bonds is 5. The first-order valence-electron chi connectivity index (χ1n) is 8.66. The molecule has 2 aromatic heterocycles. The molecule has 8 nitrogen and oxygen atoms in total. The molecule has 0 radical (unpaired) electrons. The Morgan fingerprint density at radius 1 is 1.26 bits per heavy atom. The molecule has 3 heterocycles. The Balaban J connectivity index is 1.66. The van der Waals surface area contributed by atoms with Gasteiger partial charge in [0.25, 0.3) is 0 Å². The summed E-state index contributed by atoms with van der Waals surface area (Å²) in [6.07, 6.45) is -3.79. The van der Waals surface area contributed by atoms with E-state index in [-0.39, 0.29) is 0 Å². The van der Waals surface area contributed by atoms with Crippen molar-refractivity contribution in [1.82, 2.24) is 19.5 Å². The number of fused-ring (bicyclic) bond motifs is 1. The van der Waals surface area contributed by atoms with E-state index in [9.17, 15) is 14.6 Å². The summed E-state index contributed by atoms with van der Waals surface area (Å²) in [5.41, 5.74) is 1.96. The van der Waals surface area contributed by atoms with Crippen LogP contribution in [0.25, 0.3) is 11.2 Å². The van der Waals surface area contributed by atoms with Crippen LogP contribution in [-0.2, 0) is 11.3 Å². The molecule has 0 spiro atoms.